The molecule has 0 aliphatic carbocycles. The van der Waals surface area contributed by atoms with E-state index < -0.39 is 0 Å². The number of nitrogens with zero attached hydrogens (tertiary/aromatic N) is 3. The van der Waals surface area contributed by atoms with Crippen molar-refractivity contribution >= 4 is 29.1 Å². The van der Waals surface area contributed by atoms with Gasteiger partial charge in [0.25, 0.3) is 0 Å². The normalized spacial score (nSPS) is 21.5. The van der Waals surface area contributed by atoms with Crippen LogP contribution in [0.15, 0.2) is 24.3 Å². The Balaban J connectivity index is 1.23. The van der Waals surface area contributed by atoms with E-state index in [2.05, 4.69) is 17.1 Å². The van der Waals surface area contributed by atoms with Gasteiger partial charge >= 0.3 is 0 Å². The highest BCUT2D eigenvalue weighted by Crippen LogP contribution is 2.25. The number of piperidine rings is 2. The van der Waals surface area contributed by atoms with E-state index in [1.54, 1.807) is 4.90 Å². The summed E-state index contributed by atoms with van der Waals surface area (Å²) in [5, 5.41) is 2.96. The van der Waals surface area contributed by atoms with E-state index in [0.29, 0.717) is 24.6 Å². The van der Waals surface area contributed by atoms with E-state index in [-0.39, 0.29) is 17.7 Å². The van der Waals surface area contributed by atoms with Gasteiger partial charge in [0.2, 0.25) is 17.7 Å². The van der Waals surface area contributed by atoms with Gasteiger partial charge in [-0.25, -0.2) is 0 Å². The first-order chi connectivity index (χ1) is 15.0. The molecule has 3 aliphatic rings. The summed E-state index contributed by atoms with van der Waals surface area (Å²) in [4.78, 5) is 43.3. The van der Waals surface area contributed by atoms with Crippen LogP contribution in [0.2, 0.25) is 0 Å². The predicted octanol–water partition coefficient (Wildman–Crippen LogP) is 2.72. The quantitative estimate of drug-likeness (QED) is 0.786. The van der Waals surface area contributed by atoms with Gasteiger partial charge in [-0.3, -0.25) is 19.3 Å². The summed E-state index contributed by atoms with van der Waals surface area (Å²) < 4.78 is 0. The minimum atomic E-state index is -0.0558. The van der Waals surface area contributed by atoms with Gasteiger partial charge in [0.15, 0.2) is 0 Å². The van der Waals surface area contributed by atoms with E-state index in [1.807, 2.05) is 29.2 Å². The van der Waals surface area contributed by atoms with E-state index in [1.165, 1.54) is 0 Å². The largest absolute Gasteiger partial charge is 0.342 e. The smallest absolute Gasteiger partial charge is 0.238 e. The summed E-state index contributed by atoms with van der Waals surface area (Å²) in [6.45, 7) is 6.66. The molecular formula is C24H34N4O3. The van der Waals surface area contributed by atoms with Crippen molar-refractivity contribution in [2.45, 2.75) is 45.4 Å². The molecule has 3 aliphatic heterocycles. The highest BCUT2D eigenvalue weighted by atomic mass is 16.2. The third-order valence-corrected chi connectivity index (χ3v) is 6.91. The van der Waals surface area contributed by atoms with Crippen LogP contribution in [-0.4, -0.2) is 66.8 Å². The number of carbonyl (C=O) groups excluding carboxylic acids is 3. The number of likely N-dealkylation sites (tertiary alicyclic amines) is 2. The van der Waals surface area contributed by atoms with Crippen molar-refractivity contribution in [1.82, 2.24) is 9.80 Å². The minimum Gasteiger partial charge on any atom is -0.342 e. The third kappa shape index (κ3) is 5.45. The van der Waals surface area contributed by atoms with Crippen molar-refractivity contribution < 1.29 is 14.4 Å². The molecule has 168 valence electrons. The van der Waals surface area contributed by atoms with Crippen molar-refractivity contribution in [1.29, 1.82) is 0 Å². The van der Waals surface area contributed by atoms with Crippen LogP contribution in [0.1, 0.15) is 45.4 Å². The second-order valence-corrected chi connectivity index (χ2v) is 9.31. The zero-order chi connectivity index (χ0) is 21.8. The average molecular weight is 427 g/mol. The highest BCUT2D eigenvalue weighted by Gasteiger charge is 2.30. The summed E-state index contributed by atoms with van der Waals surface area (Å²) >= 11 is 0. The fourth-order valence-corrected chi connectivity index (χ4v) is 4.90. The minimum absolute atomic E-state index is 0.0558. The number of anilines is 2. The lowest BCUT2D eigenvalue weighted by Gasteiger charge is -2.36. The molecule has 31 heavy (non-hydrogen) atoms. The summed E-state index contributed by atoms with van der Waals surface area (Å²) in [6, 6.07) is 7.50. The van der Waals surface area contributed by atoms with Crippen LogP contribution in [0.25, 0.3) is 0 Å². The summed E-state index contributed by atoms with van der Waals surface area (Å²) in [5.41, 5.74) is 1.55. The van der Waals surface area contributed by atoms with Crippen LogP contribution < -0.4 is 10.2 Å². The number of nitrogens with one attached hydrogen (secondary N) is 1. The Hall–Kier alpha value is -2.41. The third-order valence-electron chi connectivity index (χ3n) is 6.91. The van der Waals surface area contributed by atoms with Crippen molar-refractivity contribution in [3.05, 3.63) is 24.3 Å². The van der Waals surface area contributed by atoms with Gasteiger partial charge in [0.1, 0.15) is 0 Å². The molecule has 3 amide bonds. The first-order valence-corrected chi connectivity index (χ1v) is 11.7. The monoisotopic (exact) mass is 426 g/mol. The zero-order valence-corrected chi connectivity index (χ0v) is 18.5. The summed E-state index contributed by atoms with van der Waals surface area (Å²) in [5.74, 6) is 1.22. The maximum Gasteiger partial charge on any atom is 0.238 e. The Morgan fingerprint density at radius 2 is 1.77 bits per heavy atom. The molecule has 0 saturated carbocycles. The molecule has 0 atom stereocenters. The topological polar surface area (TPSA) is 73.0 Å². The second-order valence-electron chi connectivity index (χ2n) is 9.31. The van der Waals surface area contributed by atoms with Crippen LogP contribution in [-0.2, 0) is 14.4 Å². The van der Waals surface area contributed by atoms with Gasteiger partial charge in [-0.2, -0.15) is 0 Å². The molecule has 0 aromatic heterocycles. The van der Waals surface area contributed by atoms with E-state index in [9.17, 15) is 14.4 Å². The molecule has 3 fully saturated rings. The molecule has 1 aromatic carbocycles. The fraction of sp³-hybridized carbons (Fsp3) is 0.625. The van der Waals surface area contributed by atoms with Crippen LogP contribution in [0.3, 0.4) is 0 Å². The van der Waals surface area contributed by atoms with Crippen LogP contribution in [0.4, 0.5) is 11.4 Å². The Morgan fingerprint density at radius 3 is 2.45 bits per heavy atom. The molecule has 7 heteroatoms. The van der Waals surface area contributed by atoms with Gasteiger partial charge < -0.3 is 15.1 Å². The lowest BCUT2D eigenvalue weighted by atomic mass is 9.92. The van der Waals surface area contributed by atoms with Crippen molar-refractivity contribution in [3.8, 4) is 0 Å². The van der Waals surface area contributed by atoms with E-state index >= 15 is 0 Å². The SMILES string of the molecule is CC1CCN(C(=O)C2CCN(CC(=O)Nc3cccc(N4CCCC4=O)c3)CC2)CC1. The van der Waals surface area contributed by atoms with Crippen molar-refractivity contribution in [3.63, 3.8) is 0 Å². The molecule has 0 spiro atoms. The number of rotatable bonds is 5. The van der Waals surface area contributed by atoms with Gasteiger partial charge in [-0.15, -0.1) is 0 Å². The Kier molecular flexibility index (Phi) is 6.90. The van der Waals surface area contributed by atoms with Gasteiger partial charge in [0, 0.05) is 43.3 Å². The predicted molar refractivity (Wildman–Crippen MR) is 121 cm³/mol. The van der Waals surface area contributed by atoms with Crippen molar-refractivity contribution in [2.75, 3.05) is 49.5 Å². The average Bonchev–Trinajstić information content (AvgIpc) is 3.20. The second kappa shape index (κ2) is 9.81. The number of hydrogen-bond acceptors (Lipinski definition) is 4. The molecule has 0 bridgehead atoms. The van der Waals surface area contributed by atoms with Gasteiger partial charge in [0.05, 0.1) is 6.54 Å². The highest BCUT2D eigenvalue weighted by molar-refractivity contribution is 5.97. The maximum atomic E-state index is 12.8. The first-order valence-electron chi connectivity index (χ1n) is 11.7. The van der Waals surface area contributed by atoms with Crippen LogP contribution in [0, 0.1) is 11.8 Å². The molecule has 0 unspecified atom stereocenters. The molecule has 4 rings (SSSR count). The number of hydrogen-bond donors (Lipinski definition) is 1. The molecule has 3 saturated heterocycles. The Bertz CT molecular complexity index is 811. The molecule has 1 aromatic rings. The maximum absolute atomic E-state index is 12.8. The molecule has 7 nitrogen and oxygen atoms in total. The number of carbonyl (C=O) groups is 3. The van der Waals surface area contributed by atoms with Gasteiger partial charge in [-0.1, -0.05) is 13.0 Å². The lowest BCUT2D eigenvalue weighted by Crippen LogP contribution is -2.46. The van der Waals surface area contributed by atoms with Crippen molar-refractivity contribution in [2.24, 2.45) is 11.8 Å². The molecule has 3 heterocycles. The van der Waals surface area contributed by atoms with Gasteiger partial charge in [-0.05, 0) is 69.3 Å². The Morgan fingerprint density at radius 1 is 1.03 bits per heavy atom. The number of benzene rings is 1. The number of amides is 3. The van der Waals surface area contributed by atoms with Crippen LogP contribution >= 0.6 is 0 Å². The van der Waals surface area contributed by atoms with E-state index in [4.69, 9.17) is 0 Å². The fourth-order valence-electron chi connectivity index (χ4n) is 4.90. The molecular weight excluding hydrogens is 392 g/mol. The molecule has 0 radical (unpaired) electrons. The van der Waals surface area contributed by atoms with E-state index in [0.717, 1.165) is 76.4 Å². The standard InChI is InChI=1S/C24H34N4O3/c1-18-7-14-27(15-8-18)24(31)19-9-12-26(13-10-19)17-22(29)25-20-4-2-5-21(16-20)28-11-3-6-23(28)30/h2,4-5,16,18-19H,3,6-15,17H2,1H3,(H,25,29). The van der Waals surface area contributed by atoms with Crippen LogP contribution in [0.5, 0.6) is 0 Å². The lowest BCUT2D eigenvalue weighted by molar-refractivity contribution is -0.138. The first kappa shape index (κ1) is 21.8. The zero-order valence-electron chi connectivity index (χ0n) is 18.5. The summed E-state index contributed by atoms with van der Waals surface area (Å²) in [6.07, 6.45) is 5.34. The summed E-state index contributed by atoms with van der Waals surface area (Å²) in [7, 11) is 0. The Labute approximate surface area is 184 Å². The molecule has 1 N–H and O–H groups in total.